The highest BCUT2D eigenvalue weighted by atomic mass is 16.5. The predicted octanol–water partition coefficient (Wildman–Crippen LogP) is 9.16. The van der Waals surface area contributed by atoms with E-state index in [1.807, 2.05) is 66.7 Å². The molecule has 4 aromatic rings. The van der Waals surface area contributed by atoms with E-state index in [0.717, 1.165) is 46.5 Å². The van der Waals surface area contributed by atoms with E-state index in [-0.39, 0.29) is 5.75 Å². The number of anilines is 1. The topological polar surface area (TPSA) is 41.5 Å². The van der Waals surface area contributed by atoms with Crippen LogP contribution in [-0.2, 0) is 0 Å². The highest BCUT2D eigenvalue weighted by Crippen LogP contribution is 2.42. The summed E-state index contributed by atoms with van der Waals surface area (Å²) in [5, 5.41) is 15.0. The summed E-state index contributed by atoms with van der Waals surface area (Å²) in [5.74, 6) is 1.99. The maximum atomic E-state index is 11.3. The molecule has 2 N–H and O–H groups in total. The third kappa shape index (κ3) is 6.17. The van der Waals surface area contributed by atoms with E-state index in [1.54, 1.807) is 0 Å². The van der Waals surface area contributed by atoms with Gasteiger partial charge in [0.25, 0.3) is 0 Å². The lowest BCUT2D eigenvalue weighted by molar-refractivity contribution is 0.316. The molecule has 3 heteroatoms. The zero-order valence-electron chi connectivity index (χ0n) is 22.7. The third-order valence-electron chi connectivity index (χ3n) is 6.77. The normalized spacial score (nSPS) is 11.2. The zero-order valence-corrected chi connectivity index (χ0v) is 22.7. The van der Waals surface area contributed by atoms with Gasteiger partial charge in [-0.05, 0) is 65.6 Å². The fourth-order valence-electron chi connectivity index (χ4n) is 4.86. The molecule has 0 spiro atoms. The molecule has 0 atom stereocenters. The number of aromatic hydroxyl groups is 1. The standard InChI is InChI=1S/C34H39NO2/c1-23(2)27-16-11-17-28(24(3)4)33(27)35-19-12-20-37-32-18-10-9-15-29(32)31-22-25(5)21-30(34(31)36)26-13-7-6-8-14-26/h6-11,13-18,21-24,35-36H,12,19-20H2,1-5H3. The molecule has 4 aromatic carbocycles. The van der Waals surface area contributed by atoms with Crippen molar-refractivity contribution in [2.45, 2.75) is 52.9 Å². The summed E-state index contributed by atoms with van der Waals surface area (Å²) >= 11 is 0. The lowest BCUT2D eigenvalue weighted by Gasteiger charge is -2.21. The number of phenols is 1. The van der Waals surface area contributed by atoms with Crippen LogP contribution in [0.15, 0.2) is 84.9 Å². The van der Waals surface area contributed by atoms with Crippen LogP contribution in [0.5, 0.6) is 11.5 Å². The number of ether oxygens (including phenoxy) is 1. The molecule has 0 aliphatic carbocycles. The van der Waals surface area contributed by atoms with Crippen LogP contribution in [-0.4, -0.2) is 18.3 Å². The summed E-state index contributed by atoms with van der Waals surface area (Å²) < 4.78 is 6.27. The van der Waals surface area contributed by atoms with E-state index < -0.39 is 0 Å². The second-order valence-corrected chi connectivity index (χ2v) is 10.3. The van der Waals surface area contributed by atoms with Crippen molar-refractivity contribution in [2.24, 2.45) is 0 Å². The Balaban J connectivity index is 1.49. The minimum Gasteiger partial charge on any atom is -0.507 e. The molecular formula is C34H39NO2. The summed E-state index contributed by atoms with van der Waals surface area (Å²) in [6.07, 6.45) is 0.868. The van der Waals surface area contributed by atoms with Crippen molar-refractivity contribution in [1.82, 2.24) is 0 Å². The highest BCUT2D eigenvalue weighted by molar-refractivity contribution is 5.85. The van der Waals surface area contributed by atoms with Crippen molar-refractivity contribution in [3.05, 3.63) is 102 Å². The van der Waals surface area contributed by atoms with Crippen LogP contribution in [0.2, 0.25) is 0 Å². The molecule has 0 amide bonds. The molecule has 0 saturated heterocycles. The molecule has 0 bridgehead atoms. The fourth-order valence-corrected chi connectivity index (χ4v) is 4.86. The lowest BCUT2D eigenvalue weighted by Crippen LogP contribution is -2.12. The average Bonchev–Trinajstić information content (AvgIpc) is 2.90. The first-order valence-corrected chi connectivity index (χ1v) is 13.3. The number of para-hydroxylation sites is 2. The van der Waals surface area contributed by atoms with Gasteiger partial charge in [-0.2, -0.15) is 0 Å². The summed E-state index contributed by atoms with van der Waals surface area (Å²) in [6.45, 7) is 12.5. The molecule has 37 heavy (non-hydrogen) atoms. The molecule has 0 saturated carbocycles. The van der Waals surface area contributed by atoms with Crippen molar-refractivity contribution >= 4 is 5.69 Å². The summed E-state index contributed by atoms with van der Waals surface area (Å²) in [5.41, 5.74) is 8.61. The Morgan fingerprint density at radius 1 is 0.730 bits per heavy atom. The van der Waals surface area contributed by atoms with Crippen molar-refractivity contribution in [3.8, 4) is 33.8 Å². The molecule has 0 aliphatic heterocycles. The van der Waals surface area contributed by atoms with Crippen LogP contribution in [0.25, 0.3) is 22.3 Å². The molecular weight excluding hydrogens is 454 g/mol. The maximum Gasteiger partial charge on any atom is 0.131 e. The summed E-state index contributed by atoms with van der Waals surface area (Å²) in [7, 11) is 0. The van der Waals surface area contributed by atoms with Crippen molar-refractivity contribution in [2.75, 3.05) is 18.5 Å². The number of benzene rings is 4. The Kier molecular flexibility index (Phi) is 8.55. The van der Waals surface area contributed by atoms with Gasteiger partial charge in [-0.1, -0.05) is 94.4 Å². The Labute approximate surface area is 222 Å². The first kappa shape index (κ1) is 26.3. The van der Waals surface area contributed by atoms with Gasteiger partial charge >= 0.3 is 0 Å². The molecule has 0 aliphatic rings. The first-order chi connectivity index (χ1) is 17.9. The van der Waals surface area contributed by atoms with Crippen molar-refractivity contribution < 1.29 is 9.84 Å². The van der Waals surface area contributed by atoms with Crippen LogP contribution in [0.1, 0.15) is 62.6 Å². The van der Waals surface area contributed by atoms with Crippen LogP contribution in [0.3, 0.4) is 0 Å². The monoisotopic (exact) mass is 493 g/mol. The van der Waals surface area contributed by atoms with Gasteiger partial charge in [-0.15, -0.1) is 0 Å². The van der Waals surface area contributed by atoms with E-state index in [2.05, 4.69) is 58.1 Å². The predicted molar refractivity (Wildman–Crippen MR) is 157 cm³/mol. The second-order valence-electron chi connectivity index (χ2n) is 10.3. The third-order valence-corrected chi connectivity index (χ3v) is 6.77. The maximum absolute atomic E-state index is 11.3. The van der Waals surface area contributed by atoms with E-state index in [0.29, 0.717) is 18.4 Å². The van der Waals surface area contributed by atoms with E-state index in [1.165, 1.54) is 16.8 Å². The largest absolute Gasteiger partial charge is 0.507 e. The summed E-state index contributed by atoms with van der Waals surface area (Å²) in [4.78, 5) is 0. The fraction of sp³-hybridized carbons (Fsp3) is 0.294. The van der Waals surface area contributed by atoms with Crippen LogP contribution in [0, 0.1) is 6.92 Å². The minimum atomic E-state index is 0.279. The number of rotatable bonds is 10. The van der Waals surface area contributed by atoms with Gasteiger partial charge in [0.05, 0.1) is 6.61 Å². The van der Waals surface area contributed by atoms with Gasteiger partial charge in [0.15, 0.2) is 0 Å². The molecule has 4 rings (SSSR count). The van der Waals surface area contributed by atoms with Crippen molar-refractivity contribution in [3.63, 3.8) is 0 Å². The molecule has 0 fully saturated rings. The Morgan fingerprint density at radius 3 is 2.03 bits per heavy atom. The number of hydrogen-bond acceptors (Lipinski definition) is 3. The van der Waals surface area contributed by atoms with Gasteiger partial charge in [0.1, 0.15) is 11.5 Å². The van der Waals surface area contributed by atoms with E-state index in [4.69, 9.17) is 4.74 Å². The minimum absolute atomic E-state index is 0.279. The van der Waals surface area contributed by atoms with Gasteiger partial charge in [-0.25, -0.2) is 0 Å². The van der Waals surface area contributed by atoms with Crippen LogP contribution < -0.4 is 10.1 Å². The van der Waals surface area contributed by atoms with E-state index >= 15 is 0 Å². The van der Waals surface area contributed by atoms with Gasteiger partial charge in [0.2, 0.25) is 0 Å². The molecule has 3 nitrogen and oxygen atoms in total. The summed E-state index contributed by atoms with van der Waals surface area (Å²) in [6, 6.07) is 28.7. The average molecular weight is 494 g/mol. The van der Waals surface area contributed by atoms with Gasteiger partial charge in [0, 0.05) is 28.9 Å². The van der Waals surface area contributed by atoms with Gasteiger partial charge < -0.3 is 15.2 Å². The number of aryl methyl sites for hydroxylation is 1. The zero-order chi connectivity index (χ0) is 26.4. The number of phenolic OH excluding ortho intramolecular Hbond substituents is 1. The molecule has 192 valence electrons. The van der Waals surface area contributed by atoms with Crippen molar-refractivity contribution in [1.29, 1.82) is 0 Å². The van der Waals surface area contributed by atoms with Gasteiger partial charge in [-0.3, -0.25) is 0 Å². The molecule has 0 heterocycles. The highest BCUT2D eigenvalue weighted by Gasteiger charge is 2.16. The quantitative estimate of drug-likeness (QED) is 0.216. The Morgan fingerprint density at radius 2 is 1.35 bits per heavy atom. The van der Waals surface area contributed by atoms with Crippen LogP contribution >= 0.6 is 0 Å². The second kappa shape index (κ2) is 12.0. The Bertz CT molecular complexity index is 1300. The SMILES string of the molecule is Cc1cc(-c2ccccc2)c(O)c(-c2ccccc2OCCCNc2c(C(C)C)cccc2C(C)C)c1. The Hall–Kier alpha value is -3.72. The van der Waals surface area contributed by atoms with Crippen LogP contribution in [0.4, 0.5) is 5.69 Å². The smallest absolute Gasteiger partial charge is 0.131 e. The first-order valence-electron chi connectivity index (χ1n) is 13.3. The lowest BCUT2D eigenvalue weighted by atomic mass is 9.92. The van der Waals surface area contributed by atoms with E-state index in [9.17, 15) is 5.11 Å². The molecule has 0 radical (unpaired) electrons. The molecule has 0 unspecified atom stereocenters. The molecule has 0 aromatic heterocycles. The number of hydrogen-bond donors (Lipinski definition) is 2. The number of nitrogens with one attached hydrogen (secondary N) is 1.